The lowest BCUT2D eigenvalue weighted by atomic mass is 9.94. The molecule has 1 unspecified atom stereocenters. The molecule has 0 spiro atoms. The molecular weight excluding hydrogens is 384 g/mol. The third kappa shape index (κ3) is 3.53. The zero-order chi connectivity index (χ0) is 20.6. The largest absolute Gasteiger partial charge is 0.465 e. The van der Waals surface area contributed by atoms with E-state index in [1.54, 1.807) is 45.6 Å². The number of carbonyl (C=O) groups excluding carboxylic acids is 2. The number of nitrogens with zero attached hydrogens (tertiary/aromatic N) is 4. The van der Waals surface area contributed by atoms with E-state index in [0.717, 1.165) is 0 Å². The quantitative estimate of drug-likeness (QED) is 0.455. The summed E-state index contributed by atoms with van der Waals surface area (Å²) in [5, 5.41) is 9.17. The molecule has 1 aromatic rings. The van der Waals surface area contributed by atoms with Crippen LogP contribution in [-0.2, 0) is 14.3 Å². The number of thiol groups is 1. The van der Waals surface area contributed by atoms with Crippen molar-refractivity contribution in [2.24, 2.45) is 0 Å². The van der Waals surface area contributed by atoms with E-state index in [0.29, 0.717) is 16.3 Å². The third-order valence-electron chi connectivity index (χ3n) is 4.63. The zero-order valence-electron chi connectivity index (χ0n) is 16.3. The molecule has 1 fully saturated rings. The molecule has 0 radical (unpaired) electrons. The Morgan fingerprint density at radius 3 is 2.67 bits per heavy atom. The van der Waals surface area contributed by atoms with E-state index in [9.17, 15) is 14.9 Å². The number of thioether (sulfide) groups is 1. The van der Waals surface area contributed by atoms with Crippen LogP contribution in [0.1, 0.15) is 40.3 Å². The van der Waals surface area contributed by atoms with E-state index in [4.69, 9.17) is 4.74 Å². The van der Waals surface area contributed by atoms with Crippen LogP contribution in [0.4, 0.5) is 5.69 Å². The lowest BCUT2D eigenvalue weighted by Crippen LogP contribution is -2.60. The number of ether oxygens (including phenoxy) is 1. The molecule has 9 heteroatoms. The Bertz CT molecular complexity index is 804. The van der Waals surface area contributed by atoms with E-state index in [2.05, 4.69) is 17.6 Å². The number of nitriles is 1. The number of carbonyl (C=O) groups is 2. The smallest absolute Gasteiger partial charge is 0.326 e. The molecule has 1 amide bonds. The maximum Gasteiger partial charge on any atom is 0.326 e. The van der Waals surface area contributed by atoms with Crippen LogP contribution >= 0.6 is 24.4 Å². The van der Waals surface area contributed by atoms with Gasteiger partial charge in [-0.1, -0.05) is 0 Å². The number of hydrogen-bond acceptors (Lipinski definition) is 8. The molecule has 2 heterocycles. The minimum Gasteiger partial charge on any atom is -0.465 e. The third-order valence-corrected chi connectivity index (χ3v) is 5.84. The predicted molar refractivity (Wildman–Crippen MR) is 108 cm³/mol. The lowest BCUT2D eigenvalue weighted by Gasteiger charge is -2.42. The summed E-state index contributed by atoms with van der Waals surface area (Å²) in [5.74, 6) is -0.632. The van der Waals surface area contributed by atoms with Crippen LogP contribution in [-0.4, -0.2) is 51.2 Å². The van der Waals surface area contributed by atoms with Gasteiger partial charge in [-0.2, -0.15) is 5.26 Å². The Balaban J connectivity index is 2.52. The number of anilines is 1. The summed E-state index contributed by atoms with van der Waals surface area (Å²) in [6.07, 6.45) is 3.32. The molecule has 146 valence electrons. The maximum absolute atomic E-state index is 13.2. The topological polar surface area (TPSA) is 86.5 Å². The molecule has 0 aliphatic carbocycles. The van der Waals surface area contributed by atoms with Crippen molar-refractivity contribution in [3.63, 3.8) is 0 Å². The lowest BCUT2D eigenvalue weighted by molar-refractivity contribution is -0.159. The highest BCUT2D eigenvalue weighted by atomic mass is 32.2. The van der Waals surface area contributed by atoms with Gasteiger partial charge in [-0.15, -0.1) is 24.4 Å². The van der Waals surface area contributed by atoms with Gasteiger partial charge >= 0.3 is 5.97 Å². The molecule has 1 aromatic heterocycles. The molecule has 1 aliphatic rings. The molecular formula is C18H24N4O3S2. The van der Waals surface area contributed by atoms with Crippen molar-refractivity contribution >= 4 is 42.0 Å². The van der Waals surface area contributed by atoms with Crippen LogP contribution in [0, 0.1) is 11.3 Å². The van der Waals surface area contributed by atoms with Gasteiger partial charge in [-0.05, 0) is 46.9 Å². The summed E-state index contributed by atoms with van der Waals surface area (Å²) < 4.78 is 5.21. The molecule has 1 aliphatic heterocycles. The fourth-order valence-corrected chi connectivity index (χ4v) is 4.70. The van der Waals surface area contributed by atoms with E-state index in [1.165, 1.54) is 22.9 Å². The predicted octanol–water partition coefficient (Wildman–Crippen LogP) is 2.66. The van der Waals surface area contributed by atoms with Crippen LogP contribution < -0.4 is 4.90 Å². The Hall–Kier alpha value is -1.76. The zero-order valence-corrected chi connectivity index (χ0v) is 18.0. The Labute approximate surface area is 169 Å². The molecule has 2 rings (SSSR count). The Morgan fingerprint density at radius 2 is 2.15 bits per heavy atom. The van der Waals surface area contributed by atoms with E-state index in [1.807, 2.05) is 12.3 Å². The van der Waals surface area contributed by atoms with Crippen molar-refractivity contribution in [1.82, 2.24) is 9.88 Å². The van der Waals surface area contributed by atoms with Crippen LogP contribution in [0.15, 0.2) is 17.2 Å². The van der Waals surface area contributed by atoms with Crippen molar-refractivity contribution in [1.29, 1.82) is 5.26 Å². The van der Waals surface area contributed by atoms with E-state index < -0.39 is 22.5 Å². The number of amides is 1. The molecule has 0 aromatic carbocycles. The van der Waals surface area contributed by atoms with Gasteiger partial charge < -0.3 is 4.74 Å². The number of hydrogen-bond donors (Lipinski definition) is 1. The van der Waals surface area contributed by atoms with Crippen molar-refractivity contribution in [2.75, 3.05) is 17.8 Å². The second-order valence-electron chi connectivity index (χ2n) is 7.09. The van der Waals surface area contributed by atoms with Gasteiger partial charge in [0, 0.05) is 4.90 Å². The molecule has 0 saturated carbocycles. The van der Waals surface area contributed by atoms with E-state index >= 15 is 0 Å². The van der Waals surface area contributed by atoms with Gasteiger partial charge in [0.05, 0.1) is 24.0 Å². The number of aromatic nitrogens is 1. The van der Waals surface area contributed by atoms with Crippen LogP contribution in [0.3, 0.4) is 0 Å². The number of pyridine rings is 1. The highest BCUT2D eigenvalue weighted by Gasteiger charge is 2.58. The molecule has 1 atom stereocenters. The molecule has 0 N–H and O–H groups in total. The van der Waals surface area contributed by atoms with Gasteiger partial charge in [0.1, 0.15) is 17.1 Å². The SMILES string of the molecule is CCOC(=O)C(C)(C)N1C(S)N(c2cnc(C#N)c(SC)c2)C(=O)C1(C)C. The minimum absolute atomic E-state index is 0.210. The van der Waals surface area contributed by atoms with Gasteiger partial charge in [0.25, 0.3) is 0 Å². The second-order valence-corrected chi connectivity index (χ2v) is 8.40. The summed E-state index contributed by atoms with van der Waals surface area (Å²) >= 11 is 6.04. The monoisotopic (exact) mass is 408 g/mol. The number of esters is 1. The first-order chi connectivity index (χ1) is 12.5. The van der Waals surface area contributed by atoms with Crippen LogP contribution in [0.25, 0.3) is 0 Å². The normalized spacial score (nSPS) is 19.9. The first-order valence-corrected chi connectivity index (χ1v) is 10.2. The number of rotatable bonds is 5. The fourth-order valence-electron chi connectivity index (χ4n) is 3.36. The van der Waals surface area contributed by atoms with Crippen molar-refractivity contribution in [2.45, 2.75) is 56.1 Å². The maximum atomic E-state index is 13.2. The second kappa shape index (κ2) is 7.70. The highest BCUT2D eigenvalue weighted by molar-refractivity contribution is 7.98. The molecule has 27 heavy (non-hydrogen) atoms. The minimum atomic E-state index is -1.07. The highest BCUT2D eigenvalue weighted by Crippen LogP contribution is 2.42. The summed E-state index contributed by atoms with van der Waals surface area (Å²) in [5.41, 5.74) is -1.93. The summed E-state index contributed by atoms with van der Waals surface area (Å²) in [7, 11) is 0. The Kier molecular flexibility index (Phi) is 6.14. The molecule has 1 saturated heterocycles. The average molecular weight is 409 g/mol. The van der Waals surface area contributed by atoms with Crippen molar-refractivity contribution in [3.8, 4) is 6.07 Å². The Morgan fingerprint density at radius 1 is 1.52 bits per heavy atom. The summed E-state index contributed by atoms with van der Waals surface area (Å²) in [6.45, 7) is 8.94. The standard InChI is InChI=1S/C18H24N4O3S2/c1-7-25-15(24)18(4,5)22-16(26)21(14(23)17(22,2)3)11-8-13(27-6)12(9-19)20-10-11/h8,10,16,26H,7H2,1-6H3. The van der Waals surface area contributed by atoms with Crippen molar-refractivity contribution in [3.05, 3.63) is 18.0 Å². The van der Waals surface area contributed by atoms with Crippen molar-refractivity contribution < 1.29 is 14.3 Å². The molecule has 0 bridgehead atoms. The van der Waals surface area contributed by atoms with Crippen LogP contribution in [0.5, 0.6) is 0 Å². The summed E-state index contributed by atoms with van der Waals surface area (Å²) in [6, 6.07) is 3.78. The van der Waals surface area contributed by atoms with Gasteiger partial charge in [0.2, 0.25) is 5.91 Å². The van der Waals surface area contributed by atoms with Gasteiger partial charge in [-0.25, -0.2) is 9.88 Å². The van der Waals surface area contributed by atoms with Gasteiger partial charge in [0.15, 0.2) is 5.69 Å². The average Bonchev–Trinajstić information content (AvgIpc) is 2.79. The van der Waals surface area contributed by atoms with E-state index in [-0.39, 0.29) is 12.5 Å². The first-order valence-electron chi connectivity index (χ1n) is 8.46. The fraction of sp³-hybridized carbons (Fsp3) is 0.556. The first kappa shape index (κ1) is 21.5. The molecule has 7 nitrogen and oxygen atoms in total. The van der Waals surface area contributed by atoms with Crippen LogP contribution in [0.2, 0.25) is 0 Å². The summed E-state index contributed by atoms with van der Waals surface area (Å²) in [4.78, 5) is 33.8. The van der Waals surface area contributed by atoms with Gasteiger partial charge in [-0.3, -0.25) is 14.5 Å².